The van der Waals surface area contributed by atoms with Crippen LogP contribution in [0.3, 0.4) is 0 Å². The molecule has 0 fully saturated rings. The summed E-state index contributed by atoms with van der Waals surface area (Å²) in [5.74, 6) is 0. The highest BCUT2D eigenvalue weighted by Crippen LogP contribution is 2.13. The monoisotopic (exact) mass is 148 g/mol. The van der Waals surface area contributed by atoms with Gasteiger partial charge in [0.2, 0.25) is 0 Å². The van der Waals surface area contributed by atoms with E-state index >= 15 is 0 Å². The lowest BCUT2D eigenvalue weighted by Gasteiger charge is -2.19. The standard InChI is InChI=1S/C9H12N2/c1-2-4-8-6-10-7-11-9(8)5-3-1/h1,3-4,6,9,11H,2,5,7H2. The van der Waals surface area contributed by atoms with Gasteiger partial charge >= 0.3 is 0 Å². The molecule has 1 aliphatic heterocycles. The van der Waals surface area contributed by atoms with Crippen molar-refractivity contribution in [3.63, 3.8) is 0 Å². The number of fused-ring (bicyclic) bond motifs is 1. The molecule has 2 rings (SSSR count). The molecule has 1 unspecified atom stereocenters. The molecular weight excluding hydrogens is 136 g/mol. The topological polar surface area (TPSA) is 24.4 Å². The van der Waals surface area contributed by atoms with Gasteiger partial charge in [-0.05, 0) is 18.4 Å². The van der Waals surface area contributed by atoms with Gasteiger partial charge in [-0.1, -0.05) is 18.2 Å². The van der Waals surface area contributed by atoms with Crippen molar-refractivity contribution in [3.8, 4) is 0 Å². The number of nitrogens with one attached hydrogen (secondary N) is 1. The van der Waals surface area contributed by atoms with Crippen LogP contribution < -0.4 is 5.32 Å². The van der Waals surface area contributed by atoms with E-state index in [1.54, 1.807) is 0 Å². The molecule has 11 heavy (non-hydrogen) atoms. The lowest BCUT2D eigenvalue weighted by Crippen LogP contribution is -2.34. The van der Waals surface area contributed by atoms with Gasteiger partial charge in [-0.3, -0.25) is 10.3 Å². The van der Waals surface area contributed by atoms with Crippen molar-refractivity contribution in [1.29, 1.82) is 0 Å². The first kappa shape index (κ1) is 6.80. The summed E-state index contributed by atoms with van der Waals surface area (Å²) < 4.78 is 0. The first-order valence-electron chi connectivity index (χ1n) is 4.05. The smallest absolute Gasteiger partial charge is 0.0889 e. The SMILES string of the molecule is C1=CCC2NCN=CC2=CC1. The van der Waals surface area contributed by atoms with E-state index in [1.165, 1.54) is 5.57 Å². The fourth-order valence-electron chi connectivity index (χ4n) is 1.47. The summed E-state index contributed by atoms with van der Waals surface area (Å²) >= 11 is 0. The van der Waals surface area contributed by atoms with E-state index in [9.17, 15) is 0 Å². The van der Waals surface area contributed by atoms with E-state index in [-0.39, 0.29) is 0 Å². The molecule has 58 valence electrons. The lowest BCUT2D eigenvalue weighted by molar-refractivity contribution is 0.589. The van der Waals surface area contributed by atoms with E-state index in [0.717, 1.165) is 19.5 Å². The maximum absolute atomic E-state index is 4.17. The van der Waals surface area contributed by atoms with Crippen LogP contribution in [-0.2, 0) is 0 Å². The molecule has 0 aromatic heterocycles. The summed E-state index contributed by atoms with van der Waals surface area (Å²) in [4.78, 5) is 4.17. The van der Waals surface area contributed by atoms with Gasteiger partial charge in [0.15, 0.2) is 0 Å². The minimum Gasteiger partial charge on any atom is -0.291 e. The van der Waals surface area contributed by atoms with Crippen molar-refractivity contribution in [3.05, 3.63) is 23.8 Å². The van der Waals surface area contributed by atoms with Crippen molar-refractivity contribution >= 4 is 6.21 Å². The Labute approximate surface area is 66.7 Å². The Hall–Kier alpha value is -0.890. The summed E-state index contributed by atoms with van der Waals surface area (Å²) in [6.07, 6.45) is 10.8. The minimum absolute atomic E-state index is 0.520. The molecule has 1 N–H and O–H groups in total. The van der Waals surface area contributed by atoms with Crippen LogP contribution in [0, 0.1) is 0 Å². The van der Waals surface area contributed by atoms with Crippen molar-refractivity contribution in [2.75, 3.05) is 6.67 Å². The summed E-state index contributed by atoms with van der Waals surface area (Å²) in [6, 6.07) is 0.520. The largest absolute Gasteiger partial charge is 0.291 e. The molecule has 0 aromatic carbocycles. The van der Waals surface area contributed by atoms with E-state index in [4.69, 9.17) is 0 Å². The van der Waals surface area contributed by atoms with Crippen LogP contribution in [0.15, 0.2) is 28.8 Å². The molecule has 1 aliphatic carbocycles. The zero-order valence-corrected chi connectivity index (χ0v) is 6.46. The van der Waals surface area contributed by atoms with Gasteiger partial charge in [-0.2, -0.15) is 0 Å². The molecule has 0 spiro atoms. The zero-order chi connectivity index (χ0) is 7.52. The molecule has 0 amide bonds. The van der Waals surface area contributed by atoms with Crippen LogP contribution in [0.4, 0.5) is 0 Å². The second-order valence-corrected chi connectivity index (χ2v) is 2.87. The Morgan fingerprint density at radius 2 is 2.45 bits per heavy atom. The summed E-state index contributed by atoms with van der Waals surface area (Å²) in [5, 5.41) is 3.34. The van der Waals surface area contributed by atoms with Crippen LogP contribution in [0.2, 0.25) is 0 Å². The molecule has 0 saturated heterocycles. The first-order valence-corrected chi connectivity index (χ1v) is 4.05. The van der Waals surface area contributed by atoms with Gasteiger partial charge in [0.25, 0.3) is 0 Å². The van der Waals surface area contributed by atoms with Crippen LogP contribution in [0.1, 0.15) is 12.8 Å². The fourth-order valence-corrected chi connectivity index (χ4v) is 1.47. The number of rotatable bonds is 0. The van der Waals surface area contributed by atoms with Crippen LogP contribution in [0.25, 0.3) is 0 Å². The third kappa shape index (κ3) is 1.40. The summed E-state index contributed by atoms with van der Waals surface area (Å²) in [7, 11) is 0. The van der Waals surface area contributed by atoms with Crippen molar-refractivity contribution in [2.45, 2.75) is 18.9 Å². The predicted molar refractivity (Wildman–Crippen MR) is 46.7 cm³/mol. The Bertz CT molecular complexity index is 226. The Morgan fingerprint density at radius 1 is 1.45 bits per heavy atom. The second kappa shape index (κ2) is 3.01. The molecule has 2 nitrogen and oxygen atoms in total. The van der Waals surface area contributed by atoms with E-state index < -0.39 is 0 Å². The minimum atomic E-state index is 0.520. The number of nitrogens with zero attached hydrogens (tertiary/aromatic N) is 1. The Balaban J connectivity index is 2.22. The van der Waals surface area contributed by atoms with Crippen LogP contribution in [0.5, 0.6) is 0 Å². The molecule has 2 aliphatic rings. The molecule has 0 radical (unpaired) electrons. The van der Waals surface area contributed by atoms with Crippen molar-refractivity contribution < 1.29 is 0 Å². The molecule has 0 saturated carbocycles. The van der Waals surface area contributed by atoms with Crippen molar-refractivity contribution in [1.82, 2.24) is 5.32 Å². The third-order valence-corrected chi connectivity index (χ3v) is 2.10. The summed E-state index contributed by atoms with van der Waals surface area (Å²) in [5.41, 5.74) is 1.35. The number of hydrogen-bond acceptors (Lipinski definition) is 2. The quantitative estimate of drug-likeness (QED) is 0.514. The zero-order valence-electron chi connectivity index (χ0n) is 6.46. The number of hydrogen-bond donors (Lipinski definition) is 1. The van der Waals surface area contributed by atoms with Crippen molar-refractivity contribution in [2.24, 2.45) is 4.99 Å². The normalized spacial score (nSPS) is 29.1. The average Bonchev–Trinajstić information content (AvgIpc) is 2.28. The number of aliphatic imine (C=N–C) groups is 1. The molecule has 1 heterocycles. The van der Waals surface area contributed by atoms with E-state index in [2.05, 4.69) is 28.5 Å². The molecular formula is C9H12N2. The van der Waals surface area contributed by atoms with Gasteiger partial charge in [-0.15, -0.1) is 0 Å². The van der Waals surface area contributed by atoms with E-state index in [0.29, 0.717) is 6.04 Å². The highest BCUT2D eigenvalue weighted by Gasteiger charge is 2.13. The maximum Gasteiger partial charge on any atom is 0.0889 e. The Morgan fingerprint density at radius 3 is 3.45 bits per heavy atom. The Kier molecular flexibility index (Phi) is 1.86. The average molecular weight is 148 g/mol. The molecule has 2 heteroatoms. The van der Waals surface area contributed by atoms with Gasteiger partial charge in [0.05, 0.1) is 6.67 Å². The van der Waals surface area contributed by atoms with Gasteiger partial charge in [-0.25, -0.2) is 0 Å². The third-order valence-electron chi connectivity index (χ3n) is 2.10. The highest BCUT2D eigenvalue weighted by atomic mass is 15.0. The molecule has 0 aromatic rings. The van der Waals surface area contributed by atoms with Crippen LogP contribution in [-0.4, -0.2) is 18.9 Å². The lowest BCUT2D eigenvalue weighted by atomic mass is 10.1. The number of allylic oxidation sites excluding steroid dienone is 2. The van der Waals surface area contributed by atoms with Crippen LogP contribution >= 0.6 is 0 Å². The molecule has 0 bridgehead atoms. The first-order chi connectivity index (χ1) is 5.47. The van der Waals surface area contributed by atoms with Gasteiger partial charge < -0.3 is 0 Å². The predicted octanol–water partition coefficient (Wildman–Crippen LogP) is 1.26. The fraction of sp³-hybridized carbons (Fsp3) is 0.444. The van der Waals surface area contributed by atoms with Gasteiger partial charge in [0.1, 0.15) is 0 Å². The highest BCUT2D eigenvalue weighted by molar-refractivity contribution is 5.81. The molecule has 1 atom stereocenters. The maximum atomic E-state index is 4.17. The summed E-state index contributed by atoms with van der Waals surface area (Å²) in [6.45, 7) is 0.774. The van der Waals surface area contributed by atoms with Gasteiger partial charge in [0, 0.05) is 12.3 Å². The second-order valence-electron chi connectivity index (χ2n) is 2.87. The van der Waals surface area contributed by atoms with E-state index in [1.807, 2.05) is 6.21 Å².